The molecule has 1 N–H and O–H groups in total. The van der Waals surface area contributed by atoms with Crippen LogP contribution in [-0.4, -0.2) is 52.0 Å². The minimum Gasteiger partial charge on any atom is -0.495 e. The van der Waals surface area contributed by atoms with E-state index in [9.17, 15) is 22.0 Å². The molecule has 4 rings (SSSR count). The van der Waals surface area contributed by atoms with Gasteiger partial charge in [-0.3, -0.25) is 4.79 Å². The van der Waals surface area contributed by atoms with Gasteiger partial charge >= 0.3 is 0 Å². The number of ether oxygens (including phenoxy) is 2. The minimum atomic E-state index is -3.97. The molecule has 1 aliphatic rings. The Hall–Kier alpha value is -3.34. The number of hydrogen-bond donors (Lipinski definition) is 1. The maximum atomic E-state index is 14.7. The predicted molar refractivity (Wildman–Crippen MR) is 122 cm³/mol. The Balaban J connectivity index is 1.71. The van der Waals surface area contributed by atoms with Gasteiger partial charge < -0.3 is 14.8 Å². The van der Waals surface area contributed by atoms with Crippen molar-refractivity contribution >= 4 is 21.6 Å². The van der Waals surface area contributed by atoms with Gasteiger partial charge in [0.1, 0.15) is 22.3 Å². The first kappa shape index (κ1) is 23.8. The molecule has 0 aliphatic carbocycles. The fourth-order valence-electron chi connectivity index (χ4n) is 3.68. The van der Waals surface area contributed by atoms with E-state index in [1.807, 2.05) is 0 Å². The summed E-state index contributed by atoms with van der Waals surface area (Å²) in [6.07, 6.45) is 0. The van der Waals surface area contributed by atoms with Gasteiger partial charge in [0.2, 0.25) is 10.0 Å². The van der Waals surface area contributed by atoms with Crippen LogP contribution in [0, 0.1) is 11.6 Å². The number of nitrogens with one attached hydrogen (secondary N) is 1. The Morgan fingerprint density at radius 1 is 1.03 bits per heavy atom. The van der Waals surface area contributed by atoms with Crippen LogP contribution in [0.3, 0.4) is 0 Å². The van der Waals surface area contributed by atoms with Crippen molar-refractivity contribution in [1.29, 1.82) is 0 Å². The zero-order valence-corrected chi connectivity index (χ0v) is 19.1. The third-order valence-corrected chi connectivity index (χ3v) is 7.31. The lowest BCUT2D eigenvalue weighted by molar-refractivity contribution is 0.0729. The maximum absolute atomic E-state index is 14.7. The summed E-state index contributed by atoms with van der Waals surface area (Å²) in [7, 11) is -2.65. The lowest BCUT2D eigenvalue weighted by atomic mass is 10.0. The van der Waals surface area contributed by atoms with Gasteiger partial charge in [-0.25, -0.2) is 17.2 Å². The molecule has 0 saturated carbocycles. The summed E-state index contributed by atoms with van der Waals surface area (Å²) in [6.45, 7) is 0.855. The summed E-state index contributed by atoms with van der Waals surface area (Å²) < 4.78 is 66.7. The molecule has 1 amide bonds. The van der Waals surface area contributed by atoms with Crippen LogP contribution in [0.4, 0.5) is 14.5 Å². The van der Waals surface area contributed by atoms with Gasteiger partial charge in [0.15, 0.2) is 0 Å². The largest absolute Gasteiger partial charge is 0.495 e. The normalized spacial score (nSPS) is 14.6. The number of hydrogen-bond acceptors (Lipinski definition) is 5. The number of carbonyl (C=O) groups excluding carboxylic acids is 1. The Bertz CT molecular complexity index is 1310. The van der Waals surface area contributed by atoms with Crippen LogP contribution >= 0.6 is 0 Å². The molecule has 1 aliphatic heterocycles. The molecule has 3 aromatic rings. The Kier molecular flexibility index (Phi) is 6.92. The fourth-order valence-corrected chi connectivity index (χ4v) is 5.27. The van der Waals surface area contributed by atoms with Crippen molar-refractivity contribution in [1.82, 2.24) is 4.31 Å². The molecule has 178 valence electrons. The standard InChI is InChI=1S/C24H22F2N2O5S/c1-32-21-8-7-17(13-22(21)34(30,31)28-9-11-33-12-10-28)24(29)27-23-19(14-18(25)15-20(23)26)16-5-3-2-4-6-16/h2-8,13-15H,9-12H2,1H3,(H,27,29). The maximum Gasteiger partial charge on any atom is 0.255 e. The van der Waals surface area contributed by atoms with Crippen molar-refractivity contribution < 1.29 is 31.5 Å². The monoisotopic (exact) mass is 488 g/mol. The van der Waals surface area contributed by atoms with Crippen molar-refractivity contribution in [3.05, 3.63) is 77.9 Å². The molecule has 34 heavy (non-hydrogen) atoms. The van der Waals surface area contributed by atoms with Crippen molar-refractivity contribution in [2.75, 3.05) is 38.7 Å². The van der Waals surface area contributed by atoms with Crippen molar-refractivity contribution in [2.24, 2.45) is 0 Å². The second-order valence-corrected chi connectivity index (χ2v) is 9.42. The van der Waals surface area contributed by atoms with Crippen LogP contribution in [0.15, 0.2) is 65.6 Å². The summed E-state index contributed by atoms with van der Waals surface area (Å²) in [4.78, 5) is 12.9. The molecule has 0 bridgehead atoms. The van der Waals surface area contributed by atoms with Crippen molar-refractivity contribution in [3.63, 3.8) is 0 Å². The molecule has 0 aromatic heterocycles. The Labute approximate surface area is 196 Å². The van der Waals surface area contributed by atoms with Gasteiger partial charge in [0.25, 0.3) is 5.91 Å². The molecular formula is C24H22F2N2O5S. The fraction of sp³-hybridized carbons (Fsp3) is 0.208. The minimum absolute atomic E-state index is 0.0321. The van der Waals surface area contributed by atoms with Gasteiger partial charge in [-0.2, -0.15) is 4.31 Å². The van der Waals surface area contributed by atoms with Gasteiger partial charge in [-0.15, -0.1) is 0 Å². The molecule has 0 unspecified atom stereocenters. The van der Waals surface area contributed by atoms with E-state index in [1.54, 1.807) is 30.3 Å². The van der Waals surface area contributed by atoms with Gasteiger partial charge in [-0.1, -0.05) is 30.3 Å². The first-order valence-electron chi connectivity index (χ1n) is 10.4. The smallest absolute Gasteiger partial charge is 0.255 e. The second kappa shape index (κ2) is 9.88. The van der Waals surface area contributed by atoms with Crippen LogP contribution in [0.5, 0.6) is 5.75 Å². The molecule has 0 radical (unpaired) electrons. The number of nitrogens with zero attached hydrogens (tertiary/aromatic N) is 1. The molecular weight excluding hydrogens is 466 g/mol. The highest BCUT2D eigenvalue weighted by Gasteiger charge is 2.30. The van der Waals surface area contributed by atoms with E-state index in [0.29, 0.717) is 11.6 Å². The summed E-state index contributed by atoms with van der Waals surface area (Å²) in [6, 6.07) is 14.2. The zero-order chi connectivity index (χ0) is 24.3. The summed E-state index contributed by atoms with van der Waals surface area (Å²) >= 11 is 0. The van der Waals surface area contributed by atoms with E-state index >= 15 is 0 Å². The van der Waals surface area contributed by atoms with E-state index < -0.39 is 27.6 Å². The zero-order valence-electron chi connectivity index (χ0n) is 18.3. The van der Waals surface area contributed by atoms with Crippen LogP contribution in [0.25, 0.3) is 11.1 Å². The summed E-state index contributed by atoms with van der Waals surface area (Å²) in [5.74, 6) is -2.44. The number of anilines is 1. The molecule has 0 atom stereocenters. The third-order valence-electron chi connectivity index (χ3n) is 5.39. The van der Waals surface area contributed by atoms with Crippen molar-refractivity contribution in [3.8, 4) is 16.9 Å². The highest BCUT2D eigenvalue weighted by Crippen LogP contribution is 2.33. The lowest BCUT2D eigenvalue weighted by Crippen LogP contribution is -2.40. The molecule has 7 nitrogen and oxygen atoms in total. The van der Waals surface area contributed by atoms with Crippen LogP contribution in [-0.2, 0) is 14.8 Å². The topological polar surface area (TPSA) is 84.9 Å². The molecule has 1 heterocycles. The van der Waals surface area contributed by atoms with E-state index in [2.05, 4.69) is 5.32 Å². The number of morpholine rings is 1. The van der Waals surface area contributed by atoms with Crippen LogP contribution in [0.2, 0.25) is 0 Å². The number of carbonyl (C=O) groups is 1. The lowest BCUT2D eigenvalue weighted by Gasteiger charge is -2.26. The molecule has 0 spiro atoms. The quantitative estimate of drug-likeness (QED) is 0.569. The van der Waals surface area contributed by atoms with Gasteiger partial charge in [0.05, 0.1) is 26.0 Å². The first-order chi connectivity index (χ1) is 16.3. The van der Waals surface area contributed by atoms with Gasteiger partial charge in [0, 0.05) is 30.3 Å². The number of benzene rings is 3. The van der Waals surface area contributed by atoms with Crippen LogP contribution in [0.1, 0.15) is 10.4 Å². The number of methoxy groups -OCH3 is 1. The number of rotatable bonds is 6. The van der Waals surface area contributed by atoms with E-state index in [1.165, 1.54) is 29.6 Å². The average molecular weight is 489 g/mol. The Morgan fingerprint density at radius 3 is 2.41 bits per heavy atom. The highest BCUT2D eigenvalue weighted by molar-refractivity contribution is 7.89. The molecule has 1 fully saturated rings. The second-order valence-electron chi connectivity index (χ2n) is 7.51. The third kappa shape index (κ3) is 4.79. The average Bonchev–Trinajstić information content (AvgIpc) is 2.86. The van der Waals surface area contributed by atoms with Gasteiger partial charge in [-0.05, 0) is 29.8 Å². The van der Waals surface area contributed by atoms with E-state index in [4.69, 9.17) is 9.47 Å². The molecule has 10 heteroatoms. The number of halogens is 2. The SMILES string of the molecule is COc1ccc(C(=O)Nc2c(F)cc(F)cc2-c2ccccc2)cc1S(=O)(=O)N1CCOCC1. The number of sulfonamides is 1. The number of amides is 1. The summed E-state index contributed by atoms with van der Waals surface area (Å²) in [5.41, 5.74) is 0.406. The highest BCUT2D eigenvalue weighted by atomic mass is 32.2. The summed E-state index contributed by atoms with van der Waals surface area (Å²) in [5, 5.41) is 2.47. The van der Waals surface area contributed by atoms with E-state index in [0.717, 1.165) is 6.07 Å². The Morgan fingerprint density at radius 2 is 1.74 bits per heavy atom. The van der Waals surface area contributed by atoms with E-state index in [-0.39, 0.29) is 53.8 Å². The molecule has 3 aromatic carbocycles. The predicted octanol–water partition coefficient (Wildman–Crippen LogP) is 3.91. The molecule has 1 saturated heterocycles. The van der Waals surface area contributed by atoms with Crippen LogP contribution < -0.4 is 10.1 Å². The first-order valence-corrected chi connectivity index (χ1v) is 11.9. The van der Waals surface area contributed by atoms with Crippen molar-refractivity contribution in [2.45, 2.75) is 4.90 Å².